The molecule has 9 nitrogen and oxygen atoms in total. The highest BCUT2D eigenvalue weighted by Crippen LogP contribution is 2.25. The summed E-state index contributed by atoms with van der Waals surface area (Å²) in [5, 5.41) is 23.9. The lowest BCUT2D eigenvalue weighted by molar-refractivity contribution is -0.384. The molecule has 0 aliphatic carbocycles. The molecule has 0 fully saturated rings. The highest BCUT2D eigenvalue weighted by molar-refractivity contribution is 8.01. The molecule has 1 heterocycles. The predicted molar refractivity (Wildman–Crippen MR) is 110 cm³/mol. The average Bonchev–Trinajstić information content (AvgIpc) is 3.19. The van der Waals surface area contributed by atoms with Crippen LogP contribution in [0.25, 0.3) is 0 Å². The van der Waals surface area contributed by atoms with Crippen LogP contribution in [-0.2, 0) is 11.3 Å². The van der Waals surface area contributed by atoms with E-state index in [4.69, 9.17) is 0 Å². The molecule has 0 saturated heterocycles. The second-order valence-corrected chi connectivity index (χ2v) is 8.02. The van der Waals surface area contributed by atoms with E-state index in [0.717, 1.165) is 28.7 Å². The molecule has 2 N–H and O–H groups in total. The summed E-state index contributed by atoms with van der Waals surface area (Å²) in [5.41, 5.74) is 0.908. The van der Waals surface area contributed by atoms with Gasteiger partial charge in [-0.3, -0.25) is 25.0 Å². The molecule has 0 spiro atoms. The second kappa shape index (κ2) is 9.89. The van der Waals surface area contributed by atoms with Gasteiger partial charge in [0.15, 0.2) is 4.34 Å². The van der Waals surface area contributed by atoms with Gasteiger partial charge < -0.3 is 5.32 Å². The standard InChI is InChI=1S/C18H14FN5O4S2/c19-13-5-1-11(2-6-13)9-20-15(25)10-29-18-23-22-17(30-18)21-16(26)12-3-7-14(8-4-12)24(27)28/h1-8H,9-10H2,(H,20,25)(H,21,22,26). The third-order valence-corrected chi connectivity index (χ3v) is 5.67. The number of nitrogens with zero attached hydrogens (tertiary/aromatic N) is 3. The maximum Gasteiger partial charge on any atom is 0.269 e. The lowest BCUT2D eigenvalue weighted by Gasteiger charge is -2.04. The number of amides is 2. The van der Waals surface area contributed by atoms with E-state index in [0.29, 0.717) is 4.34 Å². The van der Waals surface area contributed by atoms with Crippen LogP contribution in [-0.4, -0.2) is 32.7 Å². The molecule has 12 heteroatoms. The lowest BCUT2D eigenvalue weighted by Crippen LogP contribution is -2.24. The Hall–Kier alpha value is -3.38. The Morgan fingerprint density at radius 1 is 1.10 bits per heavy atom. The Bertz CT molecular complexity index is 1060. The smallest absolute Gasteiger partial charge is 0.269 e. The molecular weight excluding hydrogens is 433 g/mol. The van der Waals surface area contributed by atoms with Crippen molar-refractivity contribution in [2.45, 2.75) is 10.9 Å². The minimum Gasteiger partial charge on any atom is -0.351 e. The van der Waals surface area contributed by atoms with Gasteiger partial charge in [-0.1, -0.05) is 35.2 Å². The molecule has 154 valence electrons. The number of aromatic nitrogens is 2. The van der Waals surface area contributed by atoms with Crippen molar-refractivity contribution in [1.29, 1.82) is 0 Å². The van der Waals surface area contributed by atoms with E-state index in [9.17, 15) is 24.1 Å². The zero-order chi connectivity index (χ0) is 21.5. The maximum absolute atomic E-state index is 12.9. The van der Waals surface area contributed by atoms with Crippen LogP contribution in [0.1, 0.15) is 15.9 Å². The highest BCUT2D eigenvalue weighted by Gasteiger charge is 2.13. The summed E-state index contributed by atoms with van der Waals surface area (Å²) < 4.78 is 13.4. The van der Waals surface area contributed by atoms with Crippen LogP contribution in [0.2, 0.25) is 0 Å². The number of thioether (sulfide) groups is 1. The number of non-ortho nitro benzene ring substituents is 1. The highest BCUT2D eigenvalue weighted by atomic mass is 32.2. The minimum atomic E-state index is -0.550. The van der Waals surface area contributed by atoms with Gasteiger partial charge in [-0.05, 0) is 29.8 Å². The van der Waals surface area contributed by atoms with Crippen molar-refractivity contribution >= 4 is 45.7 Å². The molecule has 30 heavy (non-hydrogen) atoms. The van der Waals surface area contributed by atoms with Crippen LogP contribution < -0.4 is 10.6 Å². The largest absolute Gasteiger partial charge is 0.351 e. The van der Waals surface area contributed by atoms with Gasteiger partial charge in [0.1, 0.15) is 5.82 Å². The molecule has 2 amide bonds. The van der Waals surface area contributed by atoms with Crippen LogP contribution in [0.4, 0.5) is 15.2 Å². The number of nitro groups is 1. The van der Waals surface area contributed by atoms with Crippen LogP contribution in [0.5, 0.6) is 0 Å². The van der Waals surface area contributed by atoms with Crippen molar-refractivity contribution in [2.75, 3.05) is 11.1 Å². The van der Waals surface area contributed by atoms with Gasteiger partial charge in [0, 0.05) is 24.2 Å². The Balaban J connectivity index is 1.46. The van der Waals surface area contributed by atoms with E-state index in [-0.39, 0.29) is 40.4 Å². The van der Waals surface area contributed by atoms with E-state index in [1.54, 1.807) is 12.1 Å². The molecule has 0 saturated carbocycles. The number of carbonyl (C=O) groups is 2. The molecule has 1 aromatic heterocycles. The third kappa shape index (κ3) is 6.06. The summed E-state index contributed by atoms with van der Waals surface area (Å²) in [6.45, 7) is 0.284. The molecule has 2 aromatic carbocycles. The van der Waals surface area contributed by atoms with Gasteiger partial charge >= 0.3 is 0 Å². The summed E-state index contributed by atoms with van der Waals surface area (Å²) in [4.78, 5) is 34.2. The number of rotatable bonds is 8. The first-order valence-corrected chi connectivity index (χ1v) is 10.2. The number of anilines is 1. The summed E-state index contributed by atoms with van der Waals surface area (Å²) >= 11 is 2.26. The number of nitro benzene ring substituents is 1. The summed E-state index contributed by atoms with van der Waals surface area (Å²) in [5.74, 6) is -0.939. The Labute approximate surface area is 177 Å². The lowest BCUT2D eigenvalue weighted by atomic mass is 10.2. The summed E-state index contributed by atoms with van der Waals surface area (Å²) in [7, 11) is 0. The van der Waals surface area contributed by atoms with Crippen molar-refractivity contribution in [1.82, 2.24) is 15.5 Å². The van der Waals surface area contributed by atoms with Crippen LogP contribution in [0.15, 0.2) is 52.9 Å². The van der Waals surface area contributed by atoms with E-state index in [2.05, 4.69) is 20.8 Å². The SMILES string of the molecule is O=C(CSc1nnc(NC(=O)c2ccc([N+](=O)[O-])cc2)s1)NCc1ccc(F)cc1. The van der Waals surface area contributed by atoms with E-state index >= 15 is 0 Å². The second-order valence-electron chi connectivity index (χ2n) is 5.82. The first-order chi connectivity index (χ1) is 14.4. The fourth-order valence-electron chi connectivity index (χ4n) is 2.20. The van der Waals surface area contributed by atoms with E-state index in [1.807, 2.05) is 0 Å². The van der Waals surface area contributed by atoms with Crippen molar-refractivity contribution < 1.29 is 18.9 Å². The van der Waals surface area contributed by atoms with Gasteiger partial charge in [0.2, 0.25) is 11.0 Å². The fourth-order valence-corrected chi connectivity index (χ4v) is 3.78. The van der Waals surface area contributed by atoms with Crippen LogP contribution >= 0.6 is 23.1 Å². The molecule has 0 radical (unpaired) electrons. The van der Waals surface area contributed by atoms with Gasteiger partial charge in [-0.2, -0.15) is 0 Å². The van der Waals surface area contributed by atoms with E-state index in [1.165, 1.54) is 36.4 Å². The maximum atomic E-state index is 12.9. The number of hydrogen-bond acceptors (Lipinski definition) is 8. The number of halogens is 1. The predicted octanol–water partition coefficient (Wildman–Crippen LogP) is 3.25. The first-order valence-electron chi connectivity index (χ1n) is 8.44. The molecule has 0 aliphatic heterocycles. The molecule has 0 bridgehead atoms. The monoisotopic (exact) mass is 447 g/mol. The molecular formula is C18H14FN5O4S2. The fraction of sp³-hybridized carbons (Fsp3) is 0.111. The quantitative estimate of drug-likeness (QED) is 0.235. The zero-order valence-electron chi connectivity index (χ0n) is 15.2. The van der Waals surface area contributed by atoms with Crippen LogP contribution in [0.3, 0.4) is 0 Å². The van der Waals surface area contributed by atoms with Gasteiger partial charge in [0.05, 0.1) is 10.7 Å². The number of hydrogen-bond donors (Lipinski definition) is 2. The van der Waals surface area contributed by atoms with Gasteiger partial charge in [-0.25, -0.2) is 4.39 Å². The topological polar surface area (TPSA) is 127 Å². The van der Waals surface area contributed by atoms with Crippen molar-refractivity contribution in [3.8, 4) is 0 Å². The Kier molecular flexibility index (Phi) is 7.03. The number of nitrogens with one attached hydrogen (secondary N) is 2. The third-order valence-electron chi connectivity index (χ3n) is 3.70. The molecule has 3 rings (SSSR count). The zero-order valence-corrected chi connectivity index (χ0v) is 16.8. The Morgan fingerprint density at radius 3 is 2.47 bits per heavy atom. The number of benzene rings is 2. The van der Waals surface area contributed by atoms with Crippen molar-refractivity contribution in [3.63, 3.8) is 0 Å². The summed E-state index contributed by atoms with van der Waals surface area (Å²) in [6, 6.07) is 11.0. The van der Waals surface area contributed by atoms with Crippen molar-refractivity contribution in [2.24, 2.45) is 0 Å². The number of carbonyl (C=O) groups excluding carboxylic acids is 2. The minimum absolute atomic E-state index is 0.103. The Morgan fingerprint density at radius 2 is 1.80 bits per heavy atom. The molecule has 0 unspecified atom stereocenters. The van der Waals surface area contributed by atoms with Gasteiger partial charge in [0.25, 0.3) is 11.6 Å². The molecule has 3 aromatic rings. The normalized spacial score (nSPS) is 10.4. The first kappa shape index (κ1) is 21.3. The molecule has 0 atom stereocenters. The molecule has 0 aliphatic rings. The van der Waals surface area contributed by atoms with E-state index < -0.39 is 10.8 Å². The van der Waals surface area contributed by atoms with Gasteiger partial charge in [-0.15, -0.1) is 10.2 Å². The van der Waals surface area contributed by atoms with Crippen molar-refractivity contribution in [3.05, 3.63) is 75.6 Å². The van der Waals surface area contributed by atoms with Crippen LogP contribution in [0, 0.1) is 15.9 Å². The average molecular weight is 447 g/mol. The summed E-state index contributed by atoms with van der Waals surface area (Å²) in [6.07, 6.45) is 0.